The Morgan fingerprint density at radius 3 is 1.73 bits per heavy atom. The van der Waals surface area contributed by atoms with Gasteiger partial charge < -0.3 is 9.97 Å². The number of halogens is 2. The quantitative estimate of drug-likeness (QED) is 0.385. The van der Waals surface area contributed by atoms with E-state index in [9.17, 15) is 0 Å². The van der Waals surface area contributed by atoms with Crippen LogP contribution in [0.4, 0.5) is 0 Å². The molecule has 2 nitrogen and oxygen atoms in total. The Balaban J connectivity index is -0.000000149. The summed E-state index contributed by atoms with van der Waals surface area (Å²) in [5, 5.41) is 0. The van der Waals surface area contributed by atoms with Crippen molar-refractivity contribution in [1.82, 2.24) is 9.97 Å². The third-order valence-corrected chi connectivity index (χ3v) is 0.582. The molecule has 0 spiro atoms. The molecule has 11 heavy (non-hydrogen) atoms. The fourth-order valence-corrected chi connectivity index (χ4v) is 0.305. The maximum Gasteiger partial charge on any atom is 0 e. The van der Waals surface area contributed by atoms with Crippen molar-refractivity contribution in [2.24, 2.45) is 0 Å². The van der Waals surface area contributed by atoms with Gasteiger partial charge in [0.25, 0.3) is 0 Å². The molecule has 0 saturated heterocycles. The van der Waals surface area contributed by atoms with Crippen molar-refractivity contribution >= 4 is 37.2 Å². The number of nitrogens with zero attached hydrogens (tertiary/aromatic N) is 2. The van der Waals surface area contributed by atoms with E-state index in [1.165, 1.54) is 0 Å². The number of hydrogen-bond acceptors (Lipinski definition) is 2. The fourth-order valence-electron chi connectivity index (χ4n) is 0.305. The predicted octanol–water partition coefficient (Wildman–Crippen LogP) is 2.15. The minimum atomic E-state index is 0. The number of aryl methyl sites for hydroxylation is 1. The van der Waals surface area contributed by atoms with Gasteiger partial charge in [0, 0.05) is 103 Å². The normalized spacial score (nSPS) is 6.09. The first-order valence-electron chi connectivity index (χ1n) is 2.11. The second-order valence-corrected chi connectivity index (χ2v) is 1.17. The zero-order chi connectivity index (χ0) is 7.11. The van der Waals surface area contributed by atoms with Crippen molar-refractivity contribution < 1.29 is 65.4 Å². The van der Waals surface area contributed by atoms with Gasteiger partial charge in [0.15, 0.2) is 0 Å². The Labute approximate surface area is 141 Å². The summed E-state index contributed by atoms with van der Waals surface area (Å²) >= 11 is 4.24. The molecule has 0 bridgehead atoms. The molecule has 0 saturated carbocycles. The molecule has 6 heteroatoms. The first-order chi connectivity index (χ1) is 4.39. The minimum Gasteiger partial charge on any atom is -0.510 e. The largest absolute Gasteiger partial charge is 0.510 e. The molecule has 0 atom stereocenters. The molecule has 0 unspecified atom stereocenters. The maximum atomic E-state index is 3.71. The molecule has 0 aliphatic heterocycles. The van der Waals surface area contributed by atoms with Gasteiger partial charge in [-0.05, 0) is 0 Å². The molecule has 0 aliphatic rings. The van der Waals surface area contributed by atoms with Crippen LogP contribution in [-0.2, 0) is 65.4 Å². The molecular weight excluding hydrogens is 520 g/mol. The average Bonchev–Trinajstić information content (AvgIpc) is 1.94. The number of rotatable bonds is 0. The molecule has 0 amide bonds. The summed E-state index contributed by atoms with van der Waals surface area (Å²) in [5.74, 6) is 0.711. The van der Waals surface area contributed by atoms with E-state index in [-0.39, 0.29) is 65.4 Å². The first kappa shape index (κ1) is 19.3. The van der Waals surface area contributed by atoms with Gasteiger partial charge in [0.2, 0.25) is 0 Å². The minimum absolute atomic E-state index is 0. The number of hydrogen-bond donors (Lipinski definition) is 0. The zero-order valence-electron chi connectivity index (χ0n) is 5.88. The first-order valence-corrected chi connectivity index (χ1v) is 8.40. The van der Waals surface area contributed by atoms with Crippen LogP contribution < -0.4 is 0 Å². The van der Waals surface area contributed by atoms with Crippen LogP contribution in [0.5, 0.6) is 0 Å². The van der Waals surface area contributed by atoms with E-state index in [2.05, 4.69) is 59.6 Å². The van der Waals surface area contributed by atoms with Crippen molar-refractivity contribution in [3.63, 3.8) is 0 Å². The van der Waals surface area contributed by atoms with Crippen molar-refractivity contribution in [1.29, 1.82) is 0 Å². The van der Waals surface area contributed by atoms with Crippen LogP contribution >= 0.6 is 37.2 Å². The van der Waals surface area contributed by atoms with Gasteiger partial charge in [-0.25, -0.2) is 0 Å². The Morgan fingerprint density at radius 1 is 1.18 bits per heavy atom. The third-order valence-electron chi connectivity index (χ3n) is 0.582. The summed E-state index contributed by atoms with van der Waals surface area (Å²) in [4.78, 5) is 7.42. The topological polar surface area (TPSA) is 25.8 Å². The van der Waals surface area contributed by atoms with Crippen LogP contribution in [-0.4, -0.2) is 9.97 Å². The Morgan fingerprint density at radius 2 is 1.55 bits per heavy atom. The molecule has 0 aromatic carbocycles. The second-order valence-electron chi connectivity index (χ2n) is 1.17. The molecule has 1 rings (SSSR count). The maximum absolute atomic E-state index is 3.71. The predicted molar refractivity (Wildman–Crippen MR) is 52.5 cm³/mol. The van der Waals surface area contributed by atoms with E-state index in [1.807, 2.05) is 0 Å². The van der Waals surface area contributed by atoms with E-state index in [1.54, 1.807) is 13.0 Å². The smallest absolute Gasteiger partial charge is 0 e. The van der Waals surface area contributed by atoms with Gasteiger partial charge in [-0.1, -0.05) is 6.92 Å². The Bertz CT molecular complexity index is 150. The molecule has 56 valence electrons. The summed E-state index contributed by atoms with van der Waals surface area (Å²) in [5.41, 5.74) is 0. The summed E-state index contributed by atoms with van der Waals surface area (Å²) in [7, 11) is 0. The van der Waals surface area contributed by atoms with Crippen LogP contribution in [0.2, 0.25) is 0 Å². The molecule has 0 aliphatic carbocycles. The zero-order valence-corrected chi connectivity index (χ0v) is 15.9. The summed E-state index contributed by atoms with van der Waals surface area (Å²) in [6, 6.07) is 1.55. The second kappa shape index (κ2) is 15.2. The van der Waals surface area contributed by atoms with Crippen LogP contribution in [0.25, 0.3) is 0 Å². The summed E-state index contributed by atoms with van der Waals surface area (Å²) in [6.45, 7) is 1.80. The monoisotopic (exact) mass is 524 g/mol. The van der Waals surface area contributed by atoms with E-state index in [0.29, 0.717) is 5.82 Å². The van der Waals surface area contributed by atoms with Gasteiger partial charge >= 0.3 is 0 Å². The van der Waals surface area contributed by atoms with Crippen molar-refractivity contribution in [3.8, 4) is 0 Å². The Kier molecular flexibility index (Phi) is 26.8. The standard InChI is InChI=1S/C5H4N2.I2.2Y/c1-5-6-3-2-4-7-5;1-2;;/h2H,1H3;;;/q-2;;;. The van der Waals surface area contributed by atoms with Crippen molar-refractivity contribution in [3.05, 3.63) is 24.3 Å². The van der Waals surface area contributed by atoms with Gasteiger partial charge in [-0.2, -0.15) is 0 Å². The Hall–Kier alpha value is 2.75. The van der Waals surface area contributed by atoms with Crippen LogP contribution in [0.15, 0.2) is 6.07 Å². The van der Waals surface area contributed by atoms with Crippen molar-refractivity contribution in [2.75, 3.05) is 0 Å². The average molecular weight is 524 g/mol. The fraction of sp³-hybridized carbons (Fsp3) is 0.200. The van der Waals surface area contributed by atoms with Gasteiger partial charge in [-0.15, -0.1) is 5.82 Å². The SMILES string of the molecule is Cc1n[c-]c[c-]n1.II.[Y].[Y]. The van der Waals surface area contributed by atoms with Crippen LogP contribution in [0, 0.1) is 19.3 Å². The van der Waals surface area contributed by atoms with E-state index in [4.69, 9.17) is 0 Å². The molecular formula is C5H4I2N2Y2-2. The molecule has 0 fully saturated rings. The van der Waals surface area contributed by atoms with Crippen LogP contribution in [0.3, 0.4) is 0 Å². The molecule has 1 aromatic rings. The van der Waals surface area contributed by atoms with E-state index in [0.717, 1.165) is 0 Å². The van der Waals surface area contributed by atoms with Gasteiger partial charge in [0.1, 0.15) is 0 Å². The van der Waals surface area contributed by atoms with Crippen molar-refractivity contribution in [2.45, 2.75) is 6.92 Å². The summed E-state index contributed by atoms with van der Waals surface area (Å²) in [6.07, 6.45) is 5.19. The molecule has 0 N–H and O–H groups in total. The van der Waals surface area contributed by atoms with Gasteiger partial charge in [-0.3, -0.25) is 18.5 Å². The van der Waals surface area contributed by atoms with Crippen LogP contribution in [0.1, 0.15) is 5.82 Å². The molecule has 1 heterocycles. The molecule has 1 aromatic heterocycles. The number of aromatic nitrogens is 2. The van der Waals surface area contributed by atoms with E-state index < -0.39 is 0 Å². The molecule has 2 radical (unpaired) electrons. The van der Waals surface area contributed by atoms with E-state index >= 15 is 0 Å². The summed E-state index contributed by atoms with van der Waals surface area (Å²) < 4.78 is 0. The third kappa shape index (κ3) is 12.7. The van der Waals surface area contributed by atoms with Gasteiger partial charge in [0.05, 0.1) is 0 Å².